The fraction of sp³-hybridized carbons (Fsp3) is 0.478. The molecule has 1 aromatic carbocycles. The van der Waals surface area contributed by atoms with E-state index in [-0.39, 0.29) is 17.4 Å². The van der Waals surface area contributed by atoms with Crippen LogP contribution in [0.1, 0.15) is 44.9 Å². The van der Waals surface area contributed by atoms with Gasteiger partial charge in [0.1, 0.15) is 11.7 Å². The van der Waals surface area contributed by atoms with Gasteiger partial charge in [0, 0.05) is 23.4 Å². The van der Waals surface area contributed by atoms with Gasteiger partial charge in [-0.15, -0.1) is 0 Å². The van der Waals surface area contributed by atoms with Crippen LogP contribution in [-0.2, 0) is 15.1 Å². The highest BCUT2D eigenvalue weighted by Crippen LogP contribution is 2.49. The molecule has 1 amide bonds. The van der Waals surface area contributed by atoms with Crippen molar-refractivity contribution < 1.29 is 33.3 Å². The molecule has 2 heterocycles. The maximum atomic E-state index is 14.4. The molecule has 174 valence electrons. The van der Waals surface area contributed by atoms with Crippen LogP contribution in [0.4, 0.5) is 14.5 Å². The number of aromatic nitrogens is 1. The first-order chi connectivity index (χ1) is 14.9. The van der Waals surface area contributed by atoms with Gasteiger partial charge in [0.2, 0.25) is 5.82 Å². The number of hydrogen-bond donors (Lipinski definition) is 3. The molecule has 1 unspecified atom stereocenters. The Kier molecular flexibility index (Phi) is 6.55. The molecule has 7 nitrogen and oxygen atoms in total. The number of aliphatic hydroxyl groups is 2. The molecule has 1 fully saturated rings. The van der Waals surface area contributed by atoms with Crippen molar-refractivity contribution in [1.29, 1.82) is 0 Å². The summed E-state index contributed by atoms with van der Waals surface area (Å²) in [5.41, 5.74) is -1.46. The van der Waals surface area contributed by atoms with Crippen molar-refractivity contribution in [3.63, 3.8) is 0 Å². The van der Waals surface area contributed by atoms with Gasteiger partial charge in [-0.2, -0.15) is 4.39 Å². The second-order valence-electron chi connectivity index (χ2n) is 8.79. The van der Waals surface area contributed by atoms with E-state index >= 15 is 0 Å². The number of anilines is 1. The Hall–Kier alpha value is -2.62. The van der Waals surface area contributed by atoms with Gasteiger partial charge in [-0.1, -0.05) is 13.0 Å². The smallest absolute Gasteiger partial charge is 0.254 e. The molecule has 0 saturated carbocycles. The second-order valence-corrected chi connectivity index (χ2v) is 8.79. The fourth-order valence-electron chi connectivity index (χ4n) is 3.97. The summed E-state index contributed by atoms with van der Waals surface area (Å²) in [6.45, 7) is 6.38. The number of methoxy groups -OCH3 is 1. The van der Waals surface area contributed by atoms with E-state index in [4.69, 9.17) is 9.47 Å². The quantitative estimate of drug-likeness (QED) is 0.625. The first-order valence-electron chi connectivity index (χ1n) is 10.2. The van der Waals surface area contributed by atoms with Gasteiger partial charge in [0.15, 0.2) is 11.6 Å². The number of nitrogens with zero attached hydrogens (tertiary/aromatic N) is 1. The molecule has 0 spiro atoms. The van der Waals surface area contributed by atoms with Gasteiger partial charge in [0.05, 0.1) is 25.0 Å². The van der Waals surface area contributed by atoms with Crippen LogP contribution in [-0.4, -0.2) is 46.5 Å². The van der Waals surface area contributed by atoms with Gasteiger partial charge in [0.25, 0.3) is 5.91 Å². The average Bonchev–Trinajstić information content (AvgIpc) is 2.99. The summed E-state index contributed by atoms with van der Waals surface area (Å²) in [4.78, 5) is 17.3. The van der Waals surface area contributed by atoms with Crippen molar-refractivity contribution in [2.45, 2.75) is 50.9 Å². The van der Waals surface area contributed by atoms with Gasteiger partial charge < -0.3 is 25.0 Å². The van der Waals surface area contributed by atoms with Gasteiger partial charge in [-0.3, -0.25) is 9.78 Å². The molecule has 0 bridgehead atoms. The Labute approximate surface area is 185 Å². The summed E-state index contributed by atoms with van der Waals surface area (Å²) in [5, 5.41) is 22.3. The van der Waals surface area contributed by atoms with Crippen molar-refractivity contribution >= 4 is 11.6 Å². The van der Waals surface area contributed by atoms with Crippen LogP contribution >= 0.6 is 0 Å². The van der Waals surface area contributed by atoms with Crippen molar-refractivity contribution in [3.8, 4) is 5.75 Å². The van der Waals surface area contributed by atoms with Crippen molar-refractivity contribution in [2.24, 2.45) is 5.92 Å². The maximum absolute atomic E-state index is 14.4. The third kappa shape index (κ3) is 4.32. The Morgan fingerprint density at radius 3 is 2.66 bits per heavy atom. The van der Waals surface area contributed by atoms with E-state index in [1.54, 1.807) is 0 Å². The van der Waals surface area contributed by atoms with Crippen LogP contribution in [0.25, 0.3) is 0 Å². The molecular formula is C23H28F2N2O5. The van der Waals surface area contributed by atoms with Gasteiger partial charge >= 0.3 is 0 Å². The number of carbonyl (C=O) groups is 1. The number of carbonyl (C=O) groups excluding carboxylic acids is 1. The lowest BCUT2D eigenvalue weighted by molar-refractivity contribution is -0.131. The highest BCUT2D eigenvalue weighted by molar-refractivity contribution is 5.95. The maximum Gasteiger partial charge on any atom is 0.254 e. The molecule has 0 aliphatic carbocycles. The zero-order valence-corrected chi connectivity index (χ0v) is 18.6. The zero-order valence-electron chi connectivity index (χ0n) is 18.6. The molecule has 9 heteroatoms. The van der Waals surface area contributed by atoms with E-state index < -0.39 is 47.4 Å². The first kappa shape index (κ1) is 24.0. The molecule has 1 aliphatic rings. The molecule has 0 radical (unpaired) electrons. The van der Waals surface area contributed by atoms with Crippen molar-refractivity contribution in [3.05, 3.63) is 53.4 Å². The normalized spacial score (nSPS) is 24.1. The van der Waals surface area contributed by atoms with Crippen LogP contribution in [0.15, 0.2) is 30.5 Å². The third-order valence-electron chi connectivity index (χ3n) is 6.18. The number of rotatable bonds is 6. The summed E-state index contributed by atoms with van der Waals surface area (Å²) in [7, 11) is 1.24. The number of hydrogen-bond acceptors (Lipinski definition) is 6. The molecule has 1 saturated heterocycles. The minimum absolute atomic E-state index is 0.178. The molecule has 4 atom stereocenters. The van der Waals surface area contributed by atoms with E-state index in [1.165, 1.54) is 38.4 Å². The summed E-state index contributed by atoms with van der Waals surface area (Å²) in [5.74, 6) is -3.77. The molecule has 2 aromatic rings. The monoisotopic (exact) mass is 450 g/mol. The Balaban J connectivity index is 1.97. The number of amides is 1. The van der Waals surface area contributed by atoms with Crippen LogP contribution in [0.5, 0.6) is 5.75 Å². The highest BCUT2D eigenvalue weighted by Gasteiger charge is 2.51. The van der Waals surface area contributed by atoms with E-state index in [0.717, 1.165) is 6.07 Å². The Bertz CT molecular complexity index is 1010. The number of halogens is 2. The molecule has 3 rings (SSSR count). The summed E-state index contributed by atoms with van der Waals surface area (Å²) in [6, 6.07) is 5.40. The minimum atomic E-state index is -1.58. The minimum Gasteiger partial charge on any atom is -0.493 e. The number of aliphatic hydroxyl groups excluding tert-OH is 1. The standard InChI is InChI=1S/C23H28F2N2O5/c1-12-17(14-6-7-15(24)18(25)19(14)31-5)20(32-22(12,2)3)21(29)27-13-8-9-26-16(10-13)23(4,30)11-28/h6-10,12,17,20,28,30H,11H2,1-5H3,(H,26,27,29)/t12-,17+,20-,23?/m0/s1. The van der Waals surface area contributed by atoms with E-state index in [9.17, 15) is 23.8 Å². The summed E-state index contributed by atoms with van der Waals surface area (Å²) >= 11 is 0. The number of ether oxygens (including phenoxy) is 2. The molecule has 1 aromatic heterocycles. The third-order valence-corrected chi connectivity index (χ3v) is 6.18. The highest BCUT2D eigenvalue weighted by atomic mass is 19.2. The number of pyridine rings is 1. The van der Waals surface area contributed by atoms with E-state index in [0.29, 0.717) is 11.3 Å². The van der Waals surface area contributed by atoms with Crippen molar-refractivity contribution in [2.75, 3.05) is 19.0 Å². The Morgan fingerprint density at radius 1 is 1.34 bits per heavy atom. The molecular weight excluding hydrogens is 422 g/mol. The van der Waals surface area contributed by atoms with Crippen LogP contribution in [0.2, 0.25) is 0 Å². The van der Waals surface area contributed by atoms with Crippen LogP contribution < -0.4 is 10.1 Å². The summed E-state index contributed by atoms with van der Waals surface area (Å²) in [6.07, 6.45) is 0.376. The lowest BCUT2D eigenvalue weighted by Crippen LogP contribution is -2.33. The predicted molar refractivity (Wildman–Crippen MR) is 113 cm³/mol. The lowest BCUT2D eigenvalue weighted by atomic mass is 9.78. The average molecular weight is 450 g/mol. The van der Waals surface area contributed by atoms with Crippen molar-refractivity contribution in [1.82, 2.24) is 4.98 Å². The SMILES string of the molecule is COc1c([C@@H]2[C@@H](C(=O)Nc3ccnc(C(C)(O)CO)c3)OC(C)(C)[C@H]2C)ccc(F)c1F. The zero-order chi connectivity index (χ0) is 23.8. The van der Waals surface area contributed by atoms with Gasteiger partial charge in [-0.25, -0.2) is 4.39 Å². The number of benzene rings is 1. The molecule has 3 N–H and O–H groups in total. The van der Waals surface area contributed by atoms with Crippen LogP contribution in [0.3, 0.4) is 0 Å². The Morgan fingerprint density at radius 2 is 2.03 bits per heavy atom. The molecule has 1 aliphatic heterocycles. The van der Waals surface area contributed by atoms with Gasteiger partial charge in [-0.05, 0) is 44.9 Å². The number of nitrogens with one attached hydrogen (secondary N) is 1. The largest absolute Gasteiger partial charge is 0.493 e. The van der Waals surface area contributed by atoms with E-state index in [1.807, 2.05) is 20.8 Å². The van der Waals surface area contributed by atoms with E-state index in [2.05, 4.69) is 10.3 Å². The second kappa shape index (κ2) is 8.73. The topological polar surface area (TPSA) is 101 Å². The summed E-state index contributed by atoms with van der Waals surface area (Å²) < 4.78 is 39.4. The predicted octanol–water partition coefficient (Wildman–Crippen LogP) is 3.10. The lowest BCUT2D eigenvalue weighted by Gasteiger charge is -2.26. The molecule has 32 heavy (non-hydrogen) atoms. The van der Waals surface area contributed by atoms with Crippen LogP contribution in [0, 0.1) is 17.6 Å². The first-order valence-corrected chi connectivity index (χ1v) is 10.2. The fourth-order valence-corrected chi connectivity index (χ4v) is 3.97.